The molecule has 0 saturated heterocycles. The SMILES string of the molecule is CCCn1cncc1CNc1ccc([N+](=O)[O-])c(F)c1. The second kappa shape index (κ2) is 6.14. The van der Waals surface area contributed by atoms with Crippen LogP contribution in [0.5, 0.6) is 0 Å². The maximum absolute atomic E-state index is 13.5. The highest BCUT2D eigenvalue weighted by molar-refractivity contribution is 5.49. The number of nitro groups is 1. The van der Waals surface area contributed by atoms with E-state index in [9.17, 15) is 14.5 Å². The average Bonchev–Trinajstić information content (AvgIpc) is 2.84. The number of hydrogen-bond acceptors (Lipinski definition) is 4. The van der Waals surface area contributed by atoms with E-state index in [1.165, 1.54) is 6.07 Å². The number of nitro benzene ring substituents is 1. The minimum atomic E-state index is -0.845. The molecule has 0 spiro atoms. The van der Waals surface area contributed by atoms with Crippen molar-refractivity contribution in [3.05, 3.63) is 52.3 Å². The lowest BCUT2D eigenvalue weighted by Crippen LogP contribution is -2.07. The minimum Gasteiger partial charge on any atom is -0.379 e. The Balaban J connectivity index is 2.05. The summed E-state index contributed by atoms with van der Waals surface area (Å²) >= 11 is 0. The summed E-state index contributed by atoms with van der Waals surface area (Å²) in [7, 11) is 0. The van der Waals surface area contributed by atoms with Crippen LogP contribution in [0.2, 0.25) is 0 Å². The average molecular weight is 278 g/mol. The molecule has 106 valence electrons. The van der Waals surface area contributed by atoms with E-state index in [1.807, 2.05) is 4.57 Å². The van der Waals surface area contributed by atoms with Gasteiger partial charge in [-0.2, -0.15) is 4.39 Å². The van der Waals surface area contributed by atoms with Gasteiger partial charge in [-0.05, 0) is 12.5 Å². The smallest absolute Gasteiger partial charge is 0.304 e. The summed E-state index contributed by atoms with van der Waals surface area (Å²) in [4.78, 5) is 13.9. The molecule has 0 aliphatic heterocycles. The summed E-state index contributed by atoms with van der Waals surface area (Å²) in [5.74, 6) is -0.845. The van der Waals surface area contributed by atoms with Crippen LogP contribution >= 0.6 is 0 Å². The van der Waals surface area contributed by atoms with Crippen LogP contribution in [0, 0.1) is 15.9 Å². The van der Waals surface area contributed by atoms with Gasteiger partial charge in [-0.1, -0.05) is 6.92 Å². The Kier molecular flexibility index (Phi) is 4.29. The number of aromatic nitrogens is 2. The topological polar surface area (TPSA) is 73.0 Å². The maximum atomic E-state index is 13.5. The van der Waals surface area contributed by atoms with Gasteiger partial charge in [-0.15, -0.1) is 0 Å². The predicted octanol–water partition coefficient (Wildman–Crippen LogP) is 2.95. The molecule has 0 atom stereocenters. The number of aryl methyl sites for hydroxylation is 1. The maximum Gasteiger partial charge on any atom is 0.304 e. The molecule has 0 aliphatic rings. The van der Waals surface area contributed by atoms with E-state index < -0.39 is 16.4 Å². The molecule has 6 nitrogen and oxygen atoms in total. The molecule has 0 aliphatic carbocycles. The van der Waals surface area contributed by atoms with E-state index in [1.54, 1.807) is 12.5 Å². The van der Waals surface area contributed by atoms with Crippen LogP contribution in [0.3, 0.4) is 0 Å². The van der Waals surface area contributed by atoms with E-state index in [0.29, 0.717) is 12.2 Å². The molecular formula is C13H15FN4O2. The first-order valence-corrected chi connectivity index (χ1v) is 6.28. The van der Waals surface area contributed by atoms with Gasteiger partial charge in [0.15, 0.2) is 0 Å². The quantitative estimate of drug-likeness (QED) is 0.651. The Bertz CT molecular complexity index is 612. The molecule has 0 amide bonds. The molecule has 0 unspecified atom stereocenters. The molecule has 2 aromatic rings. The van der Waals surface area contributed by atoms with Gasteiger partial charge in [-0.3, -0.25) is 10.1 Å². The first-order chi connectivity index (χ1) is 9.61. The van der Waals surface area contributed by atoms with Crippen molar-refractivity contribution in [2.45, 2.75) is 26.4 Å². The molecule has 1 N–H and O–H groups in total. The van der Waals surface area contributed by atoms with Crippen LogP contribution in [0.25, 0.3) is 0 Å². The molecule has 0 radical (unpaired) electrons. The van der Waals surface area contributed by atoms with Crippen molar-refractivity contribution < 1.29 is 9.31 Å². The van der Waals surface area contributed by atoms with Crippen molar-refractivity contribution in [2.24, 2.45) is 0 Å². The Morgan fingerprint density at radius 3 is 2.95 bits per heavy atom. The van der Waals surface area contributed by atoms with Gasteiger partial charge in [0.1, 0.15) is 0 Å². The third-order valence-corrected chi connectivity index (χ3v) is 2.88. The Labute approximate surface area is 115 Å². The number of anilines is 1. The van der Waals surface area contributed by atoms with Gasteiger partial charge < -0.3 is 9.88 Å². The number of rotatable bonds is 6. The Morgan fingerprint density at radius 1 is 1.50 bits per heavy atom. The van der Waals surface area contributed by atoms with E-state index in [0.717, 1.165) is 30.8 Å². The van der Waals surface area contributed by atoms with Crippen molar-refractivity contribution in [3.8, 4) is 0 Å². The highest BCUT2D eigenvalue weighted by Crippen LogP contribution is 2.21. The number of benzene rings is 1. The van der Waals surface area contributed by atoms with Crippen LogP contribution in [0.1, 0.15) is 19.0 Å². The molecule has 7 heteroatoms. The standard InChI is InChI=1S/C13H15FN4O2/c1-2-5-17-9-15-7-11(17)8-16-10-3-4-13(18(19)20)12(14)6-10/h3-4,6-7,9,16H,2,5,8H2,1H3. The summed E-state index contributed by atoms with van der Waals surface area (Å²) in [5.41, 5.74) is 0.953. The summed E-state index contributed by atoms with van der Waals surface area (Å²) in [6, 6.07) is 3.77. The van der Waals surface area contributed by atoms with Crippen molar-refractivity contribution in [3.63, 3.8) is 0 Å². The number of nitrogens with one attached hydrogen (secondary N) is 1. The largest absolute Gasteiger partial charge is 0.379 e. The van der Waals surface area contributed by atoms with Crippen molar-refractivity contribution in [1.82, 2.24) is 9.55 Å². The molecule has 0 fully saturated rings. The van der Waals surface area contributed by atoms with Gasteiger partial charge in [0.25, 0.3) is 0 Å². The Hall–Kier alpha value is -2.44. The van der Waals surface area contributed by atoms with Crippen molar-refractivity contribution in [1.29, 1.82) is 0 Å². The van der Waals surface area contributed by atoms with E-state index in [2.05, 4.69) is 17.2 Å². The summed E-state index contributed by atoms with van der Waals surface area (Å²) in [5, 5.41) is 13.6. The molecule has 1 heterocycles. The molecule has 1 aromatic carbocycles. The third kappa shape index (κ3) is 3.11. The zero-order valence-electron chi connectivity index (χ0n) is 11.0. The number of hydrogen-bond donors (Lipinski definition) is 1. The van der Waals surface area contributed by atoms with Gasteiger partial charge in [0.2, 0.25) is 5.82 Å². The molecule has 0 bridgehead atoms. The van der Waals surface area contributed by atoms with Crippen molar-refractivity contribution in [2.75, 3.05) is 5.32 Å². The number of imidazole rings is 1. The molecular weight excluding hydrogens is 263 g/mol. The van der Waals surface area contributed by atoms with Crippen molar-refractivity contribution >= 4 is 11.4 Å². The summed E-state index contributed by atoms with van der Waals surface area (Å²) < 4.78 is 15.5. The summed E-state index contributed by atoms with van der Waals surface area (Å²) in [6.45, 7) is 3.42. The lowest BCUT2D eigenvalue weighted by atomic mass is 10.2. The van der Waals surface area contributed by atoms with E-state index in [4.69, 9.17) is 0 Å². The van der Waals surface area contributed by atoms with Gasteiger partial charge >= 0.3 is 5.69 Å². The molecule has 1 aromatic heterocycles. The first kappa shape index (κ1) is 14.0. The zero-order valence-corrected chi connectivity index (χ0v) is 11.0. The normalized spacial score (nSPS) is 10.5. The van der Waals surface area contributed by atoms with Crippen LogP contribution in [0.15, 0.2) is 30.7 Å². The fourth-order valence-corrected chi connectivity index (χ4v) is 1.90. The predicted molar refractivity (Wildman–Crippen MR) is 72.9 cm³/mol. The first-order valence-electron chi connectivity index (χ1n) is 6.28. The second-order valence-corrected chi connectivity index (χ2v) is 4.36. The fraction of sp³-hybridized carbons (Fsp3) is 0.308. The number of halogens is 1. The molecule has 2 rings (SSSR count). The number of nitrogens with zero attached hydrogens (tertiary/aromatic N) is 3. The van der Waals surface area contributed by atoms with Crippen LogP contribution in [-0.2, 0) is 13.1 Å². The highest BCUT2D eigenvalue weighted by Gasteiger charge is 2.13. The van der Waals surface area contributed by atoms with E-state index >= 15 is 0 Å². The van der Waals surface area contributed by atoms with E-state index in [-0.39, 0.29) is 0 Å². The Morgan fingerprint density at radius 2 is 2.30 bits per heavy atom. The van der Waals surface area contributed by atoms with Crippen LogP contribution in [-0.4, -0.2) is 14.5 Å². The molecule has 0 saturated carbocycles. The monoisotopic (exact) mass is 278 g/mol. The second-order valence-electron chi connectivity index (χ2n) is 4.36. The lowest BCUT2D eigenvalue weighted by molar-refractivity contribution is -0.387. The van der Waals surface area contributed by atoms with Crippen LogP contribution < -0.4 is 5.32 Å². The minimum absolute atomic E-state index is 0.483. The zero-order chi connectivity index (χ0) is 14.5. The van der Waals surface area contributed by atoms with Gasteiger partial charge in [0, 0.05) is 30.6 Å². The fourth-order valence-electron chi connectivity index (χ4n) is 1.90. The van der Waals surface area contributed by atoms with Crippen LogP contribution in [0.4, 0.5) is 15.8 Å². The molecule has 20 heavy (non-hydrogen) atoms. The van der Waals surface area contributed by atoms with Gasteiger partial charge in [0.05, 0.1) is 23.5 Å². The van der Waals surface area contributed by atoms with Gasteiger partial charge in [-0.25, -0.2) is 4.98 Å². The lowest BCUT2D eigenvalue weighted by Gasteiger charge is -2.09. The summed E-state index contributed by atoms with van der Waals surface area (Å²) in [6.07, 6.45) is 4.48. The third-order valence-electron chi connectivity index (χ3n) is 2.88. The highest BCUT2D eigenvalue weighted by atomic mass is 19.1.